The maximum absolute atomic E-state index is 5.61. The summed E-state index contributed by atoms with van der Waals surface area (Å²) in [6.45, 7) is 6.60. The summed E-state index contributed by atoms with van der Waals surface area (Å²) in [5.74, 6) is 0.905. The molecule has 0 aromatic heterocycles. The minimum atomic E-state index is 0.678. The van der Waals surface area contributed by atoms with Gasteiger partial charge >= 0.3 is 0 Å². The van der Waals surface area contributed by atoms with Crippen molar-refractivity contribution in [2.75, 3.05) is 26.3 Å². The Kier molecular flexibility index (Phi) is 3.69. The van der Waals surface area contributed by atoms with Gasteiger partial charge in [-0.05, 0) is 44.6 Å². The predicted molar refractivity (Wildman–Crippen MR) is 69.1 cm³/mol. The summed E-state index contributed by atoms with van der Waals surface area (Å²) in [5, 5.41) is 3.70. The molecule has 98 valence electrons. The van der Waals surface area contributed by atoms with Crippen LogP contribution in [0.5, 0.6) is 0 Å². The third-order valence-corrected chi connectivity index (χ3v) is 4.79. The van der Waals surface area contributed by atoms with E-state index in [0.717, 1.165) is 37.8 Å². The highest BCUT2D eigenvalue weighted by molar-refractivity contribution is 4.95. The fraction of sp³-hybridized carbons (Fsp3) is 1.00. The first-order chi connectivity index (χ1) is 8.38. The second-order valence-corrected chi connectivity index (χ2v) is 5.96. The smallest absolute Gasteiger partial charge is 0.0622 e. The highest BCUT2D eigenvalue weighted by Gasteiger charge is 2.39. The molecule has 3 fully saturated rings. The topological polar surface area (TPSA) is 24.5 Å². The molecule has 3 nitrogen and oxygen atoms in total. The van der Waals surface area contributed by atoms with Crippen molar-refractivity contribution < 1.29 is 4.74 Å². The van der Waals surface area contributed by atoms with Gasteiger partial charge < -0.3 is 10.1 Å². The van der Waals surface area contributed by atoms with Crippen LogP contribution < -0.4 is 5.32 Å². The van der Waals surface area contributed by atoms with E-state index in [1.54, 1.807) is 0 Å². The quantitative estimate of drug-likeness (QED) is 0.788. The van der Waals surface area contributed by atoms with Crippen LogP contribution in [0.4, 0.5) is 0 Å². The number of nitrogens with zero attached hydrogens (tertiary/aromatic N) is 1. The van der Waals surface area contributed by atoms with Crippen molar-refractivity contribution in [1.82, 2.24) is 10.2 Å². The lowest BCUT2D eigenvalue weighted by Gasteiger charge is -2.49. The van der Waals surface area contributed by atoms with Gasteiger partial charge in [0.1, 0.15) is 0 Å². The van der Waals surface area contributed by atoms with E-state index in [1.165, 1.54) is 38.6 Å². The summed E-state index contributed by atoms with van der Waals surface area (Å²) in [7, 11) is 0. The van der Waals surface area contributed by atoms with E-state index in [2.05, 4.69) is 17.1 Å². The van der Waals surface area contributed by atoms with Gasteiger partial charge in [-0.2, -0.15) is 0 Å². The number of hydrogen-bond donors (Lipinski definition) is 1. The Bertz CT molecular complexity index is 255. The lowest BCUT2D eigenvalue weighted by Crippen LogP contribution is -2.58. The van der Waals surface area contributed by atoms with E-state index >= 15 is 0 Å². The first kappa shape index (κ1) is 11.9. The highest BCUT2D eigenvalue weighted by Crippen LogP contribution is 2.35. The SMILES string of the molecule is CCC1COCCN1C1CCC1CNC1CC1. The zero-order valence-electron chi connectivity index (χ0n) is 11.0. The van der Waals surface area contributed by atoms with Gasteiger partial charge in [0.25, 0.3) is 0 Å². The third-order valence-electron chi connectivity index (χ3n) is 4.79. The van der Waals surface area contributed by atoms with Crippen LogP contribution >= 0.6 is 0 Å². The average Bonchev–Trinajstić information content (AvgIpc) is 3.13. The standard InChI is InChI=1S/C14H26N2O/c1-2-13-10-17-8-7-16(13)14-6-3-11(14)9-15-12-4-5-12/h11-15H,2-10H2,1H3. The van der Waals surface area contributed by atoms with Gasteiger partial charge in [-0.3, -0.25) is 4.90 Å². The molecule has 3 heteroatoms. The molecule has 1 heterocycles. The monoisotopic (exact) mass is 238 g/mol. The van der Waals surface area contributed by atoms with Crippen LogP contribution in [-0.2, 0) is 4.74 Å². The fourth-order valence-corrected chi connectivity index (χ4v) is 3.29. The molecule has 1 aliphatic heterocycles. The number of rotatable bonds is 5. The van der Waals surface area contributed by atoms with Crippen molar-refractivity contribution in [2.45, 2.75) is 57.2 Å². The molecule has 0 amide bonds. The van der Waals surface area contributed by atoms with Crippen LogP contribution in [0.2, 0.25) is 0 Å². The predicted octanol–water partition coefficient (Wildman–Crippen LogP) is 1.63. The first-order valence-electron chi connectivity index (χ1n) is 7.45. The molecule has 1 saturated heterocycles. The van der Waals surface area contributed by atoms with Crippen LogP contribution in [0, 0.1) is 5.92 Å². The molecular weight excluding hydrogens is 212 g/mol. The number of nitrogens with one attached hydrogen (secondary N) is 1. The van der Waals surface area contributed by atoms with Gasteiger partial charge in [-0.1, -0.05) is 6.92 Å². The molecule has 2 aliphatic carbocycles. The molecule has 3 atom stereocenters. The van der Waals surface area contributed by atoms with Crippen LogP contribution in [0.15, 0.2) is 0 Å². The van der Waals surface area contributed by atoms with Crippen molar-refractivity contribution in [1.29, 1.82) is 0 Å². The lowest BCUT2D eigenvalue weighted by molar-refractivity contribution is -0.0657. The van der Waals surface area contributed by atoms with Crippen LogP contribution in [0.25, 0.3) is 0 Å². The molecule has 0 spiro atoms. The van der Waals surface area contributed by atoms with Crippen molar-refractivity contribution in [3.05, 3.63) is 0 Å². The van der Waals surface area contributed by atoms with E-state index in [4.69, 9.17) is 4.74 Å². The largest absolute Gasteiger partial charge is 0.378 e. The minimum Gasteiger partial charge on any atom is -0.378 e. The number of morpholine rings is 1. The van der Waals surface area contributed by atoms with Gasteiger partial charge in [0.05, 0.1) is 13.2 Å². The second kappa shape index (κ2) is 5.25. The van der Waals surface area contributed by atoms with E-state index in [0.29, 0.717) is 6.04 Å². The molecule has 2 saturated carbocycles. The molecule has 1 N–H and O–H groups in total. The zero-order chi connectivity index (χ0) is 11.7. The molecule has 3 aliphatic rings. The summed E-state index contributed by atoms with van der Waals surface area (Å²) in [5.41, 5.74) is 0. The molecule has 0 radical (unpaired) electrons. The Morgan fingerprint density at radius 3 is 2.76 bits per heavy atom. The van der Waals surface area contributed by atoms with Gasteiger partial charge in [-0.25, -0.2) is 0 Å². The van der Waals surface area contributed by atoms with Crippen LogP contribution in [-0.4, -0.2) is 49.3 Å². The molecule has 0 bridgehead atoms. The summed E-state index contributed by atoms with van der Waals surface area (Å²) in [4.78, 5) is 2.74. The number of hydrogen-bond acceptors (Lipinski definition) is 3. The van der Waals surface area contributed by atoms with Crippen molar-refractivity contribution >= 4 is 0 Å². The summed E-state index contributed by atoms with van der Waals surface area (Å²) < 4.78 is 5.61. The molecule has 3 rings (SSSR count). The number of ether oxygens (including phenoxy) is 1. The summed E-state index contributed by atoms with van der Waals surface area (Å²) >= 11 is 0. The third kappa shape index (κ3) is 2.67. The average molecular weight is 238 g/mol. The van der Waals surface area contributed by atoms with Crippen molar-refractivity contribution in [2.24, 2.45) is 5.92 Å². The fourth-order valence-electron chi connectivity index (χ4n) is 3.29. The van der Waals surface area contributed by atoms with Crippen molar-refractivity contribution in [3.8, 4) is 0 Å². The zero-order valence-corrected chi connectivity index (χ0v) is 11.0. The Morgan fingerprint density at radius 1 is 1.24 bits per heavy atom. The summed E-state index contributed by atoms with van der Waals surface area (Å²) in [6, 6.07) is 2.38. The molecule has 3 unspecified atom stereocenters. The Labute approximate surface area is 105 Å². The van der Waals surface area contributed by atoms with Gasteiger partial charge in [0.2, 0.25) is 0 Å². The second-order valence-electron chi connectivity index (χ2n) is 5.96. The van der Waals surface area contributed by atoms with Gasteiger partial charge in [0, 0.05) is 24.7 Å². The van der Waals surface area contributed by atoms with Crippen LogP contribution in [0.1, 0.15) is 39.0 Å². The van der Waals surface area contributed by atoms with E-state index in [-0.39, 0.29) is 0 Å². The molecular formula is C14H26N2O. The minimum absolute atomic E-state index is 0.678. The first-order valence-corrected chi connectivity index (χ1v) is 7.45. The van der Waals surface area contributed by atoms with E-state index in [9.17, 15) is 0 Å². The lowest BCUT2D eigenvalue weighted by atomic mass is 9.77. The van der Waals surface area contributed by atoms with E-state index < -0.39 is 0 Å². The van der Waals surface area contributed by atoms with Crippen LogP contribution in [0.3, 0.4) is 0 Å². The van der Waals surface area contributed by atoms with Gasteiger partial charge in [0.15, 0.2) is 0 Å². The van der Waals surface area contributed by atoms with Gasteiger partial charge in [-0.15, -0.1) is 0 Å². The highest BCUT2D eigenvalue weighted by atomic mass is 16.5. The van der Waals surface area contributed by atoms with E-state index in [1.807, 2.05) is 0 Å². The maximum atomic E-state index is 5.61. The maximum Gasteiger partial charge on any atom is 0.0622 e. The van der Waals surface area contributed by atoms with Crippen molar-refractivity contribution in [3.63, 3.8) is 0 Å². The molecule has 17 heavy (non-hydrogen) atoms. The summed E-state index contributed by atoms with van der Waals surface area (Å²) in [6.07, 6.45) is 6.89. The Balaban J connectivity index is 1.51. The molecule has 0 aromatic carbocycles. The normalized spacial score (nSPS) is 39.0. The molecule has 0 aromatic rings. The Hall–Kier alpha value is -0.120. The Morgan fingerprint density at radius 2 is 2.12 bits per heavy atom.